The Bertz CT molecular complexity index is 1090. The fourth-order valence-corrected chi connectivity index (χ4v) is 3.56. The van der Waals surface area contributed by atoms with Gasteiger partial charge >= 0.3 is 11.8 Å². The number of carbonyl (C=O) groups is 1. The highest BCUT2D eigenvalue weighted by molar-refractivity contribution is 5.77. The number of fused-ring (bicyclic) bond motifs is 2. The molecule has 1 aromatic carbocycles. The van der Waals surface area contributed by atoms with Gasteiger partial charge in [-0.15, -0.1) is 0 Å². The van der Waals surface area contributed by atoms with Crippen LogP contribution in [0.25, 0.3) is 0 Å². The molecule has 0 aliphatic carbocycles. The molecule has 1 fully saturated rings. The standard InChI is InChI=1S/C22H28N4O8/c1-12(2)11-32-22(30)23-6-7-31-14-4-3-5-15-19(14)24-20-16(33-15)9-26(21(29)25-20)18-8-13(28)17(10-27)34-18/h3-5,9,12-13,17-18,27-28H,6-8,10-11H2,1-2H3,(H,23,30)(H,24,25,29)/t13?,17-,18-/m1/s1. The number of amides is 1. The fourth-order valence-electron chi connectivity index (χ4n) is 3.56. The third kappa shape index (κ3) is 5.24. The number of nitrogens with one attached hydrogen (secondary N) is 2. The predicted octanol–water partition coefficient (Wildman–Crippen LogP) is 1.49. The molecule has 0 spiro atoms. The molecule has 2 aliphatic rings. The minimum Gasteiger partial charge on any atom is -0.489 e. The maximum Gasteiger partial charge on any atom is 0.407 e. The van der Waals surface area contributed by atoms with Gasteiger partial charge in [-0.25, -0.2) is 9.59 Å². The molecule has 2 aliphatic heterocycles. The molecular formula is C22H28N4O8. The van der Waals surface area contributed by atoms with Crippen molar-refractivity contribution < 1.29 is 34.0 Å². The zero-order chi connectivity index (χ0) is 24.2. The Labute approximate surface area is 195 Å². The Morgan fingerprint density at radius 2 is 2.21 bits per heavy atom. The Morgan fingerprint density at radius 1 is 1.38 bits per heavy atom. The summed E-state index contributed by atoms with van der Waals surface area (Å²) in [7, 11) is 0. The first-order valence-corrected chi connectivity index (χ1v) is 11.0. The van der Waals surface area contributed by atoms with Gasteiger partial charge in [0.05, 0.1) is 32.1 Å². The summed E-state index contributed by atoms with van der Waals surface area (Å²) in [6.07, 6.45) is -1.32. The van der Waals surface area contributed by atoms with Crippen LogP contribution in [0.5, 0.6) is 17.2 Å². The third-order valence-corrected chi connectivity index (χ3v) is 5.24. The molecule has 3 atom stereocenters. The molecule has 2 aromatic rings. The number of hydrogen-bond donors (Lipinski definition) is 4. The highest BCUT2D eigenvalue weighted by Gasteiger charge is 2.36. The molecular weight excluding hydrogens is 448 g/mol. The van der Waals surface area contributed by atoms with Crippen LogP contribution in [0.1, 0.15) is 26.5 Å². The molecule has 0 radical (unpaired) electrons. The Kier molecular flexibility index (Phi) is 7.20. The lowest BCUT2D eigenvalue weighted by Crippen LogP contribution is -2.30. The number of aromatic nitrogens is 2. The average molecular weight is 476 g/mol. The Hall–Kier alpha value is -3.35. The van der Waals surface area contributed by atoms with Gasteiger partial charge in [0, 0.05) is 6.42 Å². The van der Waals surface area contributed by atoms with Crippen LogP contribution in [-0.4, -0.2) is 64.4 Å². The van der Waals surface area contributed by atoms with Crippen LogP contribution in [0.15, 0.2) is 29.2 Å². The molecule has 184 valence electrons. The van der Waals surface area contributed by atoms with E-state index in [4.69, 9.17) is 18.9 Å². The van der Waals surface area contributed by atoms with E-state index in [0.29, 0.717) is 29.5 Å². The molecule has 3 heterocycles. The summed E-state index contributed by atoms with van der Waals surface area (Å²) in [5.41, 5.74) is -0.105. The molecule has 1 aromatic heterocycles. The largest absolute Gasteiger partial charge is 0.489 e. The van der Waals surface area contributed by atoms with Crippen molar-refractivity contribution >= 4 is 17.6 Å². The van der Waals surface area contributed by atoms with Gasteiger partial charge in [-0.1, -0.05) is 19.9 Å². The van der Waals surface area contributed by atoms with Crippen molar-refractivity contribution in [3.8, 4) is 17.2 Å². The second-order valence-electron chi connectivity index (χ2n) is 8.38. The SMILES string of the molecule is CC(C)COC(=O)NCCOc1cccc2c1Nc1nc(=O)n([C@H]3CC(O)[C@@H](CO)O3)cc1O2. The number of alkyl carbamates (subject to hydrolysis) is 1. The number of aliphatic hydroxyl groups is 2. The van der Waals surface area contributed by atoms with E-state index in [1.165, 1.54) is 10.8 Å². The van der Waals surface area contributed by atoms with Gasteiger partial charge in [0.1, 0.15) is 30.4 Å². The number of para-hydroxylation sites is 1. The number of carbonyl (C=O) groups excluding carboxylic acids is 1. The Morgan fingerprint density at radius 3 is 2.94 bits per heavy atom. The van der Waals surface area contributed by atoms with Gasteiger partial charge in [0.25, 0.3) is 0 Å². The molecule has 34 heavy (non-hydrogen) atoms. The van der Waals surface area contributed by atoms with Crippen LogP contribution in [0, 0.1) is 5.92 Å². The number of aliphatic hydroxyl groups excluding tert-OH is 2. The van der Waals surface area contributed by atoms with Crippen LogP contribution in [0.4, 0.5) is 16.3 Å². The van der Waals surface area contributed by atoms with Crippen LogP contribution in [0.3, 0.4) is 0 Å². The minimum absolute atomic E-state index is 0.145. The minimum atomic E-state index is -0.885. The van der Waals surface area contributed by atoms with E-state index in [9.17, 15) is 19.8 Å². The fraction of sp³-hybridized carbons (Fsp3) is 0.500. The zero-order valence-electron chi connectivity index (χ0n) is 18.9. The van der Waals surface area contributed by atoms with E-state index in [1.54, 1.807) is 18.2 Å². The summed E-state index contributed by atoms with van der Waals surface area (Å²) in [6, 6.07) is 5.20. The summed E-state index contributed by atoms with van der Waals surface area (Å²) in [5, 5.41) is 24.9. The van der Waals surface area contributed by atoms with Crippen molar-refractivity contribution in [1.29, 1.82) is 0 Å². The Balaban J connectivity index is 1.41. The van der Waals surface area contributed by atoms with Gasteiger partial charge in [-0.2, -0.15) is 4.98 Å². The monoisotopic (exact) mass is 476 g/mol. The van der Waals surface area contributed by atoms with E-state index in [2.05, 4.69) is 15.6 Å². The molecule has 12 nitrogen and oxygen atoms in total. The van der Waals surface area contributed by atoms with Gasteiger partial charge in [0.15, 0.2) is 17.3 Å². The van der Waals surface area contributed by atoms with E-state index in [1.807, 2.05) is 13.8 Å². The maximum atomic E-state index is 12.6. The molecule has 0 bridgehead atoms. The van der Waals surface area contributed by atoms with Crippen LogP contribution >= 0.6 is 0 Å². The molecule has 1 amide bonds. The van der Waals surface area contributed by atoms with E-state index >= 15 is 0 Å². The van der Waals surface area contributed by atoms with E-state index < -0.39 is 30.2 Å². The summed E-state index contributed by atoms with van der Waals surface area (Å²) >= 11 is 0. The summed E-state index contributed by atoms with van der Waals surface area (Å²) in [4.78, 5) is 28.3. The smallest absolute Gasteiger partial charge is 0.407 e. The number of ether oxygens (including phenoxy) is 4. The van der Waals surface area contributed by atoms with E-state index in [0.717, 1.165) is 0 Å². The lowest BCUT2D eigenvalue weighted by atomic mass is 10.2. The lowest BCUT2D eigenvalue weighted by molar-refractivity contribution is -0.0459. The van der Waals surface area contributed by atoms with Crippen LogP contribution in [0.2, 0.25) is 0 Å². The highest BCUT2D eigenvalue weighted by atomic mass is 16.6. The normalized spacial score (nSPS) is 20.7. The number of hydrogen-bond acceptors (Lipinski definition) is 10. The summed E-state index contributed by atoms with van der Waals surface area (Å²) in [6.45, 7) is 4.31. The second-order valence-corrected chi connectivity index (χ2v) is 8.38. The number of rotatable bonds is 8. The highest BCUT2D eigenvalue weighted by Crippen LogP contribution is 2.45. The van der Waals surface area contributed by atoms with Crippen molar-refractivity contribution in [2.75, 3.05) is 31.7 Å². The van der Waals surface area contributed by atoms with Crippen molar-refractivity contribution in [1.82, 2.24) is 14.9 Å². The van der Waals surface area contributed by atoms with Gasteiger partial charge in [-0.3, -0.25) is 4.57 Å². The molecule has 0 saturated carbocycles. The quantitative estimate of drug-likeness (QED) is 0.352. The molecule has 4 rings (SSSR count). The van der Waals surface area contributed by atoms with Crippen LogP contribution in [-0.2, 0) is 9.47 Å². The average Bonchev–Trinajstić information content (AvgIpc) is 3.19. The molecule has 1 unspecified atom stereocenters. The van der Waals surface area contributed by atoms with Gasteiger partial charge in [-0.05, 0) is 18.1 Å². The second kappa shape index (κ2) is 10.3. The van der Waals surface area contributed by atoms with E-state index in [-0.39, 0.29) is 37.9 Å². The first kappa shape index (κ1) is 23.8. The predicted molar refractivity (Wildman–Crippen MR) is 120 cm³/mol. The van der Waals surface area contributed by atoms with Crippen molar-refractivity contribution in [3.05, 3.63) is 34.9 Å². The first-order chi connectivity index (χ1) is 16.4. The van der Waals surface area contributed by atoms with Gasteiger partial charge < -0.3 is 39.8 Å². The van der Waals surface area contributed by atoms with Gasteiger partial charge in [0.2, 0.25) is 0 Å². The van der Waals surface area contributed by atoms with Crippen molar-refractivity contribution in [2.24, 2.45) is 5.92 Å². The summed E-state index contributed by atoms with van der Waals surface area (Å²) in [5.74, 6) is 1.67. The number of benzene rings is 1. The maximum absolute atomic E-state index is 12.6. The van der Waals surface area contributed by atoms with Crippen LogP contribution < -0.4 is 25.8 Å². The first-order valence-electron chi connectivity index (χ1n) is 11.0. The third-order valence-electron chi connectivity index (χ3n) is 5.24. The molecule has 12 heteroatoms. The summed E-state index contributed by atoms with van der Waals surface area (Å²) < 4.78 is 23.5. The lowest BCUT2D eigenvalue weighted by Gasteiger charge is -2.24. The molecule has 1 saturated heterocycles. The molecule has 4 N–H and O–H groups in total. The van der Waals surface area contributed by atoms with Crippen molar-refractivity contribution in [2.45, 2.75) is 38.7 Å². The topological polar surface area (TPSA) is 153 Å². The number of nitrogens with zero attached hydrogens (tertiary/aromatic N) is 2. The number of anilines is 2. The zero-order valence-corrected chi connectivity index (χ0v) is 18.9. The van der Waals surface area contributed by atoms with Crippen molar-refractivity contribution in [3.63, 3.8) is 0 Å².